The number of pyridine rings is 1. The van der Waals surface area contributed by atoms with Crippen molar-refractivity contribution in [3.8, 4) is 5.75 Å². The average molecular weight is 330 g/mol. The number of nitrogens with zero attached hydrogens (tertiary/aromatic N) is 5. The second-order valence-electron chi connectivity index (χ2n) is 6.03. The zero-order chi connectivity index (χ0) is 17.1. The molecule has 0 radical (unpaired) electrons. The maximum absolute atomic E-state index is 12.3. The van der Waals surface area contributed by atoms with E-state index in [-0.39, 0.29) is 12.1 Å². The van der Waals surface area contributed by atoms with E-state index in [1.165, 1.54) is 0 Å². The topological polar surface area (TPSA) is 75.5 Å². The Labute approximate surface area is 141 Å². The van der Waals surface area contributed by atoms with E-state index in [1.54, 1.807) is 28.2 Å². The minimum Gasteiger partial charge on any atom is -0.485 e. The average Bonchev–Trinajstić information content (AvgIpc) is 3.17. The van der Waals surface area contributed by atoms with Crippen LogP contribution in [0.15, 0.2) is 30.7 Å². The molecule has 8 nitrogen and oxygen atoms in total. The number of hydrogen-bond donors (Lipinski definition) is 1. The summed E-state index contributed by atoms with van der Waals surface area (Å²) in [4.78, 5) is 20.3. The number of likely N-dealkylation sites (tertiary alicyclic amines) is 1. The molecular formula is C16H22N6O2. The van der Waals surface area contributed by atoms with Crippen LogP contribution < -0.4 is 15.0 Å². The zero-order valence-electron chi connectivity index (χ0n) is 14.1. The SMILES string of the molecule is CN(C)c1ncccc1OC1CCN(C(=O)Nc2cnn(C)c2)C1. The molecule has 0 saturated carbocycles. The quantitative estimate of drug-likeness (QED) is 0.921. The first-order valence-corrected chi connectivity index (χ1v) is 7.86. The van der Waals surface area contributed by atoms with Crippen molar-refractivity contribution in [1.29, 1.82) is 0 Å². The molecule has 1 atom stereocenters. The highest BCUT2D eigenvalue weighted by atomic mass is 16.5. The van der Waals surface area contributed by atoms with Crippen LogP contribution in [-0.2, 0) is 7.05 Å². The van der Waals surface area contributed by atoms with Crippen molar-refractivity contribution in [1.82, 2.24) is 19.7 Å². The Kier molecular flexibility index (Phi) is 4.54. The first kappa shape index (κ1) is 16.1. The summed E-state index contributed by atoms with van der Waals surface area (Å²) in [5.41, 5.74) is 0.689. The number of aromatic nitrogens is 3. The normalized spacial score (nSPS) is 17.0. The van der Waals surface area contributed by atoms with Gasteiger partial charge in [-0.25, -0.2) is 9.78 Å². The van der Waals surface area contributed by atoms with Gasteiger partial charge >= 0.3 is 6.03 Å². The van der Waals surface area contributed by atoms with Gasteiger partial charge in [-0.1, -0.05) is 0 Å². The Morgan fingerprint density at radius 1 is 1.46 bits per heavy atom. The monoisotopic (exact) mass is 330 g/mol. The fourth-order valence-electron chi connectivity index (χ4n) is 2.69. The molecule has 24 heavy (non-hydrogen) atoms. The highest BCUT2D eigenvalue weighted by molar-refractivity contribution is 5.89. The molecule has 128 valence electrons. The van der Waals surface area contributed by atoms with Gasteiger partial charge in [0, 0.05) is 46.5 Å². The van der Waals surface area contributed by atoms with E-state index in [4.69, 9.17) is 4.74 Å². The van der Waals surface area contributed by atoms with Gasteiger partial charge in [-0.15, -0.1) is 0 Å². The van der Waals surface area contributed by atoms with Gasteiger partial charge in [0.2, 0.25) is 0 Å². The number of carbonyl (C=O) groups is 1. The van der Waals surface area contributed by atoms with E-state index >= 15 is 0 Å². The molecule has 0 spiro atoms. The lowest BCUT2D eigenvalue weighted by molar-refractivity contribution is 0.195. The van der Waals surface area contributed by atoms with E-state index < -0.39 is 0 Å². The molecule has 0 aliphatic carbocycles. The van der Waals surface area contributed by atoms with E-state index in [0.717, 1.165) is 18.0 Å². The fraction of sp³-hybridized carbons (Fsp3) is 0.438. The smallest absolute Gasteiger partial charge is 0.322 e. The number of nitrogens with one attached hydrogen (secondary N) is 1. The molecule has 8 heteroatoms. The summed E-state index contributed by atoms with van der Waals surface area (Å²) in [5, 5.41) is 6.89. The number of carbonyl (C=O) groups excluding carboxylic acids is 1. The van der Waals surface area contributed by atoms with Crippen molar-refractivity contribution in [2.75, 3.05) is 37.4 Å². The molecule has 1 aliphatic rings. The van der Waals surface area contributed by atoms with E-state index in [9.17, 15) is 4.79 Å². The molecule has 1 unspecified atom stereocenters. The molecule has 1 N–H and O–H groups in total. The van der Waals surface area contributed by atoms with Crippen molar-refractivity contribution >= 4 is 17.5 Å². The molecule has 3 rings (SSSR count). The standard InChI is InChI=1S/C16H22N6O2/c1-20(2)15-14(5-4-7-17-15)24-13-6-8-22(11-13)16(23)19-12-9-18-21(3)10-12/h4-5,7,9-10,13H,6,8,11H2,1-3H3,(H,19,23). The van der Waals surface area contributed by atoms with Crippen LogP contribution in [0, 0.1) is 0 Å². The summed E-state index contributed by atoms with van der Waals surface area (Å²) < 4.78 is 7.71. The maximum Gasteiger partial charge on any atom is 0.322 e. The van der Waals surface area contributed by atoms with Crippen molar-refractivity contribution < 1.29 is 9.53 Å². The zero-order valence-corrected chi connectivity index (χ0v) is 14.1. The van der Waals surface area contributed by atoms with Crippen LogP contribution in [0.1, 0.15) is 6.42 Å². The van der Waals surface area contributed by atoms with Crippen molar-refractivity contribution in [3.05, 3.63) is 30.7 Å². The van der Waals surface area contributed by atoms with Gasteiger partial charge < -0.3 is 19.9 Å². The number of anilines is 2. The number of amides is 2. The van der Waals surface area contributed by atoms with Gasteiger partial charge in [0.05, 0.1) is 18.4 Å². The van der Waals surface area contributed by atoms with Crippen LogP contribution in [-0.4, -0.2) is 59.0 Å². The molecule has 2 aromatic rings. The molecule has 0 bridgehead atoms. The van der Waals surface area contributed by atoms with Gasteiger partial charge in [-0.05, 0) is 12.1 Å². The summed E-state index contributed by atoms with van der Waals surface area (Å²) >= 11 is 0. The van der Waals surface area contributed by atoms with Crippen LogP contribution in [0.2, 0.25) is 0 Å². The molecule has 1 saturated heterocycles. The van der Waals surface area contributed by atoms with Gasteiger partial charge in [-0.3, -0.25) is 4.68 Å². The third-order valence-corrected chi connectivity index (χ3v) is 3.86. The van der Waals surface area contributed by atoms with Crippen LogP contribution >= 0.6 is 0 Å². The van der Waals surface area contributed by atoms with Gasteiger partial charge in [0.15, 0.2) is 11.6 Å². The minimum atomic E-state index is -0.131. The largest absolute Gasteiger partial charge is 0.485 e. The van der Waals surface area contributed by atoms with Crippen LogP contribution in [0.5, 0.6) is 5.75 Å². The molecule has 0 aromatic carbocycles. The number of aryl methyl sites for hydroxylation is 1. The second-order valence-corrected chi connectivity index (χ2v) is 6.03. The van der Waals surface area contributed by atoms with Gasteiger partial charge in [-0.2, -0.15) is 5.10 Å². The summed E-state index contributed by atoms with van der Waals surface area (Å²) in [6.07, 6.45) is 5.89. The third kappa shape index (κ3) is 3.58. The Bertz CT molecular complexity index is 714. The lowest BCUT2D eigenvalue weighted by Crippen LogP contribution is -2.34. The van der Waals surface area contributed by atoms with E-state index in [1.807, 2.05) is 38.2 Å². The summed E-state index contributed by atoms with van der Waals surface area (Å²) in [6, 6.07) is 3.62. The Balaban J connectivity index is 1.58. The predicted molar refractivity (Wildman–Crippen MR) is 91.4 cm³/mol. The lowest BCUT2D eigenvalue weighted by atomic mass is 10.3. The maximum atomic E-state index is 12.3. The molecule has 2 aromatic heterocycles. The number of hydrogen-bond acceptors (Lipinski definition) is 5. The highest BCUT2D eigenvalue weighted by Gasteiger charge is 2.28. The first-order valence-electron chi connectivity index (χ1n) is 7.86. The number of rotatable bonds is 4. The summed E-state index contributed by atoms with van der Waals surface area (Å²) in [7, 11) is 5.67. The third-order valence-electron chi connectivity index (χ3n) is 3.86. The van der Waals surface area contributed by atoms with Crippen LogP contribution in [0.4, 0.5) is 16.3 Å². The predicted octanol–water partition coefficient (Wildman–Crippen LogP) is 1.57. The Morgan fingerprint density at radius 3 is 3.00 bits per heavy atom. The number of ether oxygens (including phenoxy) is 1. The van der Waals surface area contributed by atoms with Crippen LogP contribution in [0.25, 0.3) is 0 Å². The molecule has 2 amide bonds. The first-order chi connectivity index (χ1) is 11.5. The van der Waals surface area contributed by atoms with Crippen LogP contribution in [0.3, 0.4) is 0 Å². The van der Waals surface area contributed by atoms with Crippen molar-refractivity contribution in [3.63, 3.8) is 0 Å². The van der Waals surface area contributed by atoms with Gasteiger partial charge in [0.1, 0.15) is 6.10 Å². The second kappa shape index (κ2) is 6.77. The van der Waals surface area contributed by atoms with Gasteiger partial charge in [0.25, 0.3) is 0 Å². The fourth-order valence-corrected chi connectivity index (χ4v) is 2.69. The lowest BCUT2D eigenvalue weighted by Gasteiger charge is -2.20. The summed E-state index contributed by atoms with van der Waals surface area (Å²) in [5.74, 6) is 1.53. The van der Waals surface area contributed by atoms with Crippen molar-refractivity contribution in [2.24, 2.45) is 7.05 Å². The molecule has 1 aliphatic heterocycles. The van der Waals surface area contributed by atoms with E-state index in [0.29, 0.717) is 18.8 Å². The molecule has 1 fully saturated rings. The Hall–Kier alpha value is -2.77. The van der Waals surface area contributed by atoms with Crippen molar-refractivity contribution in [2.45, 2.75) is 12.5 Å². The molecular weight excluding hydrogens is 308 g/mol. The minimum absolute atomic E-state index is 0.0347. The molecule has 3 heterocycles. The highest BCUT2D eigenvalue weighted by Crippen LogP contribution is 2.26. The number of urea groups is 1. The Morgan fingerprint density at radius 2 is 2.29 bits per heavy atom. The van der Waals surface area contributed by atoms with E-state index in [2.05, 4.69) is 15.4 Å². The summed E-state index contributed by atoms with van der Waals surface area (Å²) in [6.45, 7) is 1.21.